The summed E-state index contributed by atoms with van der Waals surface area (Å²) in [5.74, 6) is 3.63. The van der Waals surface area contributed by atoms with Crippen molar-refractivity contribution in [1.82, 2.24) is 4.90 Å². The molecule has 0 N–H and O–H groups in total. The SMILES string of the molecule is O=C(CC1Cc2ccccc2C1)C1[C@H]2CN(C3CCC(c4ccccc4)CC3)C[C@@H]12. The van der Waals surface area contributed by atoms with Crippen molar-refractivity contribution in [2.45, 2.75) is 56.9 Å². The van der Waals surface area contributed by atoms with Gasteiger partial charge >= 0.3 is 0 Å². The summed E-state index contributed by atoms with van der Waals surface area (Å²) in [7, 11) is 0. The molecule has 0 spiro atoms. The third-order valence-electron chi connectivity index (χ3n) is 8.70. The topological polar surface area (TPSA) is 20.3 Å². The number of carbonyl (C=O) groups excluding carboxylic acids is 1. The molecule has 3 atom stereocenters. The lowest BCUT2D eigenvalue weighted by Crippen LogP contribution is -2.38. The van der Waals surface area contributed by atoms with E-state index < -0.39 is 0 Å². The van der Waals surface area contributed by atoms with E-state index in [2.05, 4.69) is 59.5 Å². The molecule has 0 radical (unpaired) electrons. The Bertz CT molecular complexity index is 876. The van der Waals surface area contributed by atoms with Crippen LogP contribution >= 0.6 is 0 Å². The predicted molar refractivity (Wildman–Crippen MR) is 120 cm³/mol. The minimum absolute atomic E-state index is 0.394. The molecular formula is C28H33NO. The fourth-order valence-corrected chi connectivity index (χ4v) is 7.05. The summed E-state index contributed by atoms with van der Waals surface area (Å²) in [6, 6.07) is 20.6. The van der Waals surface area contributed by atoms with Crippen LogP contribution in [0.15, 0.2) is 54.6 Å². The molecule has 3 aliphatic carbocycles. The molecular weight excluding hydrogens is 366 g/mol. The molecule has 156 valence electrons. The molecule has 1 unspecified atom stereocenters. The average Bonchev–Trinajstić information content (AvgIpc) is 3.11. The van der Waals surface area contributed by atoms with E-state index in [9.17, 15) is 4.79 Å². The van der Waals surface area contributed by atoms with Crippen molar-refractivity contribution in [1.29, 1.82) is 0 Å². The molecule has 0 bridgehead atoms. The Morgan fingerprint density at radius 2 is 1.40 bits per heavy atom. The van der Waals surface area contributed by atoms with Gasteiger partial charge in [-0.15, -0.1) is 0 Å². The van der Waals surface area contributed by atoms with Gasteiger partial charge in [0.1, 0.15) is 5.78 Å². The van der Waals surface area contributed by atoms with Gasteiger partial charge in [0.05, 0.1) is 0 Å². The van der Waals surface area contributed by atoms with Crippen molar-refractivity contribution in [3.8, 4) is 0 Å². The smallest absolute Gasteiger partial charge is 0.136 e. The van der Waals surface area contributed by atoms with Crippen molar-refractivity contribution >= 4 is 5.78 Å². The van der Waals surface area contributed by atoms with Crippen LogP contribution in [0.1, 0.15) is 54.7 Å². The van der Waals surface area contributed by atoms with Gasteiger partial charge in [0.2, 0.25) is 0 Å². The highest BCUT2D eigenvalue weighted by Gasteiger charge is 2.59. The highest BCUT2D eigenvalue weighted by atomic mass is 16.1. The number of fused-ring (bicyclic) bond motifs is 2. The van der Waals surface area contributed by atoms with Crippen LogP contribution in [-0.2, 0) is 17.6 Å². The normalized spacial score (nSPS) is 33.3. The fraction of sp³-hybridized carbons (Fsp3) is 0.536. The molecule has 1 heterocycles. The number of nitrogens with zero attached hydrogens (tertiary/aromatic N) is 1. The Morgan fingerprint density at radius 1 is 0.800 bits per heavy atom. The zero-order valence-electron chi connectivity index (χ0n) is 17.9. The Labute approximate surface area is 180 Å². The molecule has 0 amide bonds. The molecule has 2 nitrogen and oxygen atoms in total. The maximum Gasteiger partial charge on any atom is 0.136 e. The number of likely N-dealkylation sites (tertiary alicyclic amines) is 1. The molecule has 2 aromatic carbocycles. The number of hydrogen-bond acceptors (Lipinski definition) is 2. The van der Waals surface area contributed by atoms with Crippen LogP contribution in [0.2, 0.25) is 0 Å². The Balaban J connectivity index is 0.977. The molecule has 0 aromatic heterocycles. The number of piperidine rings is 1. The number of Topliss-reactive ketones (excluding diaryl/α,β-unsaturated/α-hetero) is 1. The molecule has 1 saturated heterocycles. The van der Waals surface area contributed by atoms with Gasteiger partial charge in [0.15, 0.2) is 0 Å². The van der Waals surface area contributed by atoms with Crippen LogP contribution in [0.5, 0.6) is 0 Å². The largest absolute Gasteiger partial charge is 0.300 e. The zero-order chi connectivity index (χ0) is 20.1. The van der Waals surface area contributed by atoms with E-state index in [0.29, 0.717) is 29.5 Å². The zero-order valence-corrected chi connectivity index (χ0v) is 17.9. The van der Waals surface area contributed by atoms with Crippen LogP contribution in [0.3, 0.4) is 0 Å². The highest BCUT2D eigenvalue weighted by Crippen LogP contribution is 2.54. The number of rotatable bonds is 5. The highest BCUT2D eigenvalue weighted by molar-refractivity contribution is 5.85. The quantitative estimate of drug-likeness (QED) is 0.683. The van der Waals surface area contributed by atoms with Crippen molar-refractivity contribution in [2.75, 3.05) is 13.1 Å². The Hall–Kier alpha value is -1.93. The van der Waals surface area contributed by atoms with E-state index in [-0.39, 0.29) is 0 Å². The average molecular weight is 400 g/mol. The monoisotopic (exact) mass is 399 g/mol. The van der Waals surface area contributed by atoms with Crippen LogP contribution in [-0.4, -0.2) is 29.8 Å². The van der Waals surface area contributed by atoms with E-state index in [1.807, 2.05) is 0 Å². The summed E-state index contributed by atoms with van der Waals surface area (Å²) in [4.78, 5) is 15.7. The number of benzene rings is 2. The maximum absolute atomic E-state index is 13.0. The summed E-state index contributed by atoms with van der Waals surface area (Å²) in [5, 5.41) is 0. The Kier molecular flexibility index (Phi) is 4.79. The summed E-state index contributed by atoms with van der Waals surface area (Å²) >= 11 is 0. The van der Waals surface area contributed by atoms with Gasteiger partial charge in [0.25, 0.3) is 0 Å². The first-order valence-corrected chi connectivity index (χ1v) is 12.1. The van der Waals surface area contributed by atoms with Gasteiger partial charge in [-0.1, -0.05) is 54.6 Å². The first-order valence-electron chi connectivity index (χ1n) is 12.1. The van der Waals surface area contributed by atoms with Crippen LogP contribution in [0.25, 0.3) is 0 Å². The van der Waals surface area contributed by atoms with Crippen LogP contribution in [0, 0.1) is 23.7 Å². The standard InChI is InChI=1S/C28H33NO/c30-27(16-19-14-22-8-4-5-9-23(22)15-19)28-25-17-29(18-26(25)28)24-12-10-21(11-13-24)20-6-2-1-3-7-20/h1-9,19,21,24-26,28H,10-18H2/t21?,24?,25-,26+,28?. The third kappa shape index (κ3) is 3.43. The van der Waals surface area contributed by atoms with Gasteiger partial charge in [0, 0.05) is 31.5 Å². The molecule has 3 fully saturated rings. The van der Waals surface area contributed by atoms with Gasteiger partial charge in [-0.05, 0) is 78.9 Å². The van der Waals surface area contributed by atoms with Gasteiger partial charge in [-0.25, -0.2) is 0 Å². The fourth-order valence-electron chi connectivity index (χ4n) is 7.05. The minimum Gasteiger partial charge on any atom is -0.300 e. The summed E-state index contributed by atoms with van der Waals surface area (Å²) < 4.78 is 0. The molecule has 2 heteroatoms. The van der Waals surface area contributed by atoms with Gasteiger partial charge < -0.3 is 0 Å². The number of hydrogen-bond donors (Lipinski definition) is 0. The molecule has 2 saturated carbocycles. The summed E-state index contributed by atoms with van der Waals surface area (Å²) in [5.41, 5.74) is 4.48. The van der Waals surface area contributed by atoms with E-state index in [1.54, 1.807) is 0 Å². The number of ketones is 1. The van der Waals surface area contributed by atoms with Crippen molar-refractivity contribution in [3.05, 3.63) is 71.3 Å². The van der Waals surface area contributed by atoms with Crippen molar-refractivity contribution < 1.29 is 4.79 Å². The second kappa shape index (κ2) is 7.64. The molecule has 4 aliphatic rings. The van der Waals surface area contributed by atoms with E-state index in [4.69, 9.17) is 0 Å². The first-order chi connectivity index (χ1) is 14.8. The lowest BCUT2D eigenvalue weighted by Gasteiger charge is -2.36. The van der Waals surface area contributed by atoms with E-state index in [1.165, 1.54) is 55.5 Å². The maximum atomic E-state index is 13.0. The second-order valence-electron chi connectivity index (χ2n) is 10.4. The van der Waals surface area contributed by atoms with Crippen molar-refractivity contribution in [2.24, 2.45) is 23.7 Å². The van der Waals surface area contributed by atoms with Crippen LogP contribution in [0.4, 0.5) is 0 Å². The lowest BCUT2D eigenvalue weighted by molar-refractivity contribution is -0.122. The molecule has 2 aromatic rings. The predicted octanol–water partition coefficient (Wildman–Crippen LogP) is 5.26. The molecule has 6 rings (SSSR count). The van der Waals surface area contributed by atoms with Gasteiger partial charge in [-0.2, -0.15) is 0 Å². The molecule has 30 heavy (non-hydrogen) atoms. The van der Waals surface area contributed by atoms with E-state index in [0.717, 1.165) is 31.2 Å². The summed E-state index contributed by atoms with van der Waals surface area (Å²) in [6.07, 6.45) is 8.35. The Morgan fingerprint density at radius 3 is 2.03 bits per heavy atom. The third-order valence-corrected chi connectivity index (χ3v) is 8.70. The van der Waals surface area contributed by atoms with Crippen molar-refractivity contribution in [3.63, 3.8) is 0 Å². The summed E-state index contributed by atoms with van der Waals surface area (Å²) in [6.45, 7) is 2.37. The second-order valence-corrected chi connectivity index (χ2v) is 10.4. The first kappa shape index (κ1) is 18.8. The van der Waals surface area contributed by atoms with Crippen LogP contribution < -0.4 is 0 Å². The lowest BCUT2D eigenvalue weighted by atomic mass is 9.81. The van der Waals surface area contributed by atoms with Gasteiger partial charge in [-0.3, -0.25) is 9.69 Å². The molecule has 1 aliphatic heterocycles. The minimum atomic E-state index is 0.394. The number of carbonyl (C=O) groups is 1. The van der Waals surface area contributed by atoms with E-state index >= 15 is 0 Å².